The Balaban J connectivity index is 3.17. The molecule has 1 aromatic carbocycles. The van der Waals surface area contributed by atoms with Crippen molar-refractivity contribution < 1.29 is 22.7 Å². The number of benzene rings is 1. The highest BCUT2D eigenvalue weighted by atomic mass is 79.9. The zero-order valence-corrected chi connectivity index (χ0v) is 14.6. The molecule has 1 unspecified atom stereocenters. The van der Waals surface area contributed by atoms with Crippen LogP contribution in [0.1, 0.15) is 23.7 Å². The van der Waals surface area contributed by atoms with Gasteiger partial charge in [-0.3, -0.25) is 0 Å². The second-order valence-electron chi connectivity index (χ2n) is 4.37. The monoisotopic (exact) mass is 399 g/mol. The fourth-order valence-electron chi connectivity index (χ4n) is 1.60. The zero-order valence-electron chi connectivity index (χ0n) is 11.4. The van der Waals surface area contributed by atoms with Gasteiger partial charge in [0, 0.05) is 10.5 Å². The van der Waals surface area contributed by atoms with Crippen molar-refractivity contribution in [3.63, 3.8) is 0 Å². The molecule has 118 valence electrons. The lowest BCUT2D eigenvalue weighted by molar-refractivity contribution is 0.0691. The Labute approximate surface area is 135 Å². The molecule has 0 bridgehead atoms. The molecule has 0 aliphatic carbocycles. The molecule has 0 saturated carbocycles. The molecule has 5 nitrogen and oxygen atoms in total. The van der Waals surface area contributed by atoms with Gasteiger partial charge in [-0.1, -0.05) is 15.9 Å². The first-order valence-corrected chi connectivity index (χ1v) is 9.59. The highest BCUT2D eigenvalue weighted by Crippen LogP contribution is 2.24. The van der Waals surface area contributed by atoms with Crippen molar-refractivity contribution in [3.8, 4) is 0 Å². The molecule has 0 aromatic heterocycles. The van der Waals surface area contributed by atoms with Gasteiger partial charge in [-0.15, -0.1) is 0 Å². The molecule has 0 saturated heterocycles. The van der Waals surface area contributed by atoms with Crippen LogP contribution in [0.3, 0.4) is 0 Å². The van der Waals surface area contributed by atoms with Crippen LogP contribution in [-0.2, 0) is 10.0 Å². The standard InChI is InChI=1S/C12H15BrFNO4S2/c1-7(3-4-20-2)15-21(18,19)10-6-8(13)5-9(11(10)14)12(16)17/h5-7,15H,3-4H2,1-2H3,(H,16,17). The van der Waals surface area contributed by atoms with E-state index in [0.717, 1.165) is 17.9 Å². The molecule has 0 aliphatic rings. The minimum Gasteiger partial charge on any atom is -0.478 e. The summed E-state index contributed by atoms with van der Waals surface area (Å²) in [7, 11) is -4.13. The van der Waals surface area contributed by atoms with Gasteiger partial charge in [0.25, 0.3) is 0 Å². The Kier molecular flexibility index (Phi) is 6.64. The number of carboxylic acids is 1. The highest BCUT2D eigenvalue weighted by Gasteiger charge is 2.26. The van der Waals surface area contributed by atoms with Gasteiger partial charge in [0.1, 0.15) is 4.90 Å². The number of hydrogen-bond donors (Lipinski definition) is 2. The van der Waals surface area contributed by atoms with Crippen LogP contribution in [0.2, 0.25) is 0 Å². The maximum Gasteiger partial charge on any atom is 0.338 e. The SMILES string of the molecule is CSCCC(C)NS(=O)(=O)c1cc(Br)cc(C(=O)O)c1F. The average Bonchev–Trinajstić information content (AvgIpc) is 2.37. The van der Waals surface area contributed by atoms with Gasteiger partial charge in [0.05, 0.1) is 5.56 Å². The van der Waals surface area contributed by atoms with Crippen LogP contribution >= 0.6 is 27.7 Å². The summed E-state index contributed by atoms with van der Waals surface area (Å²) in [6.07, 6.45) is 2.48. The van der Waals surface area contributed by atoms with Crippen molar-refractivity contribution in [1.82, 2.24) is 4.72 Å². The quantitative estimate of drug-likeness (QED) is 0.736. The van der Waals surface area contributed by atoms with Gasteiger partial charge in [-0.2, -0.15) is 11.8 Å². The van der Waals surface area contributed by atoms with E-state index in [1.807, 2.05) is 6.26 Å². The molecular formula is C12H15BrFNO4S2. The number of carbonyl (C=O) groups is 1. The van der Waals surface area contributed by atoms with Gasteiger partial charge in [0.15, 0.2) is 5.82 Å². The number of halogens is 2. The molecule has 21 heavy (non-hydrogen) atoms. The summed E-state index contributed by atoms with van der Waals surface area (Å²) >= 11 is 4.56. The Bertz CT molecular complexity index is 636. The molecule has 0 amide bonds. The number of carboxylic acid groups (broad SMARTS) is 1. The first kappa shape index (κ1) is 18.4. The topological polar surface area (TPSA) is 83.5 Å². The average molecular weight is 400 g/mol. The molecule has 2 N–H and O–H groups in total. The molecule has 1 atom stereocenters. The van der Waals surface area contributed by atoms with Crippen molar-refractivity contribution in [3.05, 3.63) is 28.0 Å². The van der Waals surface area contributed by atoms with Gasteiger partial charge in [-0.25, -0.2) is 22.3 Å². The lowest BCUT2D eigenvalue weighted by Gasteiger charge is -2.15. The van der Waals surface area contributed by atoms with Crippen molar-refractivity contribution in [2.45, 2.75) is 24.3 Å². The third-order valence-electron chi connectivity index (χ3n) is 2.64. The maximum absolute atomic E-state index is 14.1. The van der Waals surface area contributed by atoms with E-state index in [4.69, 9.17) is 5.11 Å². The first-order chi connectivity index (χ1) is 9.69. The van der Waals surface area contributed by atoms with E-state index in [0.29, 0.717) is 6.42 Å². The summed E-state index contributed by atoms with van der Waals surface area (Å²) in [6.45, 7) is 1.67. The van der Waals surface area contributed by atoms with Crippen molar-refractivity contribution in [2.24, 2.45) is 0 Å². The van der Waals surface area contributed by atoms with Crippen molar-refractivity contribution >= 4 is 43.7 Å². The number of rotatable bonds is 7. The van der Waals surface area contributed by atoms with Crippen LogP contribution in [-0.4, -0.2) is 37.5 Å². The number of hydrogen-bond acceptors (Lipinski definition) is 4. The van der Waals surface area contributed by atoms with Crippen LogP contribution in [0.15, 0.2) is 21.5 Å². The van der Waals surface area contributed by atoms with Crippen LogP contribution in [0, 0.1) is 5.82 Å². The number of aromatic carboxylic acids is 1. The maximum atomic E-state index is 14.1. The molecular weight excluding hydrogens is 385 g/mol. The Morgan fingerprint density at radius 1 is 1.52 bits per heavy atom. The second-order valence-corrected chi connectivity index (χ2v) is 7.96. The highest BCUT2D eigenvalue weighted by molar-refractivity contribution is 9.10. The van der Waals surface area contributed by atoms with E-state index < -0.39 is 32.3 Å². The molecule has 0 fully saturated rings. The van der Waals surface area contributed by atoms with Crippen LogP contribution < -0.4 is 4.72 Å². The molecule has 1 rings (SSSR count). The molecule has 9 heteroatoms. The van der Waals surface area contributed by atoms with Gasteiger partial charge >= 0.3 is 5.97 Å². The van der Waals surface area contributed by atoms with E-state index in [1.54, 1.807) is 18.7 Å². The van der Waals surface area contributed by atoms with Crippen LogP contribution in [0.25, 0.3) is 0 Å². The smallest absolute Gasteiger partial charge is 0.338 e. The Morgan fingerprint density at radius 3 is 2.67 bits per heavy atom. The summed E-state index contributed by atoms with van der Waals surface area (Å²) in [5.41, 5.74) is -0.693. The number of thioether (sulfide) groups is 1. The normalized spacial score (nSPS) is 13.1. The summed E-state index contributed by atoms with van der Waals surface area (Å²) in [5.74, 6) is -2.04. The van der Waals surface area contributed by atoms with Crippen molar-refractivity contribution in [1.29, 1.82) is 0 Å². The molecule has 0 aliphatic heterocycles. The third kappa shape index (κ3) is 4.94. The van der Waals surface area contributed by atoms with Gasteiger partial charge in [-0.05, 0) is 37.5 Å². The third-order valence-corrected chi connectivity index (χ3v) is 5.33. The predicted octanol–water partition coefficient (Wildman–Crippen LogP) is 2.71. The summed E-state index contributed by atoms with van der Waals surface area (Å²) in [4.78, 5) is 10.3. The van der Waals surface area contributed by atoms with E-state index in [9.17, 15) is 17.6 Å². The fourth-order valence-corrected chi connectivity index (χ4v) is 4.20. The summed E-state index contributed by atoms with van der Waals surface area (Å²) < 4.78 is 41.0. The second kappa shape index (κ2) is 7.57. The summed E-state index contributed by atoms with van der Waals surface area (Å²) in [5, 5.41) is 8.90. The largest absolute Gasteiger partial charge is 0.478 e. The number of nitrogens with one attached hydrogen (secondary N) is 1. The van der Waals surface area contributed by atoms with Crippen molar-refractivity contribution in [2.75, 3.05) is 12.0 Å². The lowest BCUT2D eigenvalue weighted by Crippen LogP contribution is -2.33. The Morgan fingerprint density at radius 2 is 2.14 bits per heavy atom. The van der Waals surface area contributed by atoms with E-state index in [1.165, 1.54) is 0 Å². The number of sulfonamides is 1. The van der Waals surface area contributed by atoms with Crippen LogP contribution in [0.5, 0.6) is 0 Å². The molecule has 1 aromatic rings. The van der Waals surface area contributed by atoms with Gasteiger partial charge in [0.2, 0.25) is 10.0 Å². The zero-order chi connectivity index (χ0) is 16.2. The predicted molar refractivity (Wildman–Crippen MR) is 83.8 cm³/mol. The minimum atomic E-state index is -4.13. The fraction of sp³-hybridized carbons (Fsp3) is 0.417. The molecule has 0 radical (unpaired) electrons. The molecule has 0 heterocycles. The summed E-state index contributed by atoms with van der Waals surface area (Å²) in [6, 6.07) is 1.69. The van der Waals surface area contributed by atoms with Gasteiger partial charge < -0.3 is 5.11 Å². The first-order valence-electron chi connectivity index (χ1n) is 5.92. The van der Waals surface area contributed by atoms with E-state index >= 15 is 0 Å². The van der Waals surface area contributed by atoms with E-state index in [2.05, 4.69) is 20.7 Å². The van der Waals surface area contributed by atoms with Crippen LogP contribution in [0.4, 0.5) is 4.39 Å². The van der Waals surface area contributed by atoms with E-state index in [-0.39, 0.29) is 10.5 Å². The lowest BCUT2D eigenvalue weighted by atomic mass is 10.2. The minimum absolute atomic E-state index is 0.179. The Hall–Kier alpha value is -0.640. The molecule has 0 spiro atoms.